The van der Waals surface area contributed by atoms with Gasteiger partial charge in [-0.3, -0.25) is 0 Å². The van der Waals surface area contributed by atoms with Gasteiger partial charge in [-0.25, -0.2) is 0 Å². The van der Waals surface area contributed by atoms with E-state index >= 15 is 0 Å². The molecule has 0 heteroatoms. The zero-order valence-electron chi connectivity index (χ0n) is 12.1. The molecule has 0 spiro atoms. The summed E-state index contributed by atoms with van der Waals surface area (Å²) >= 11 is 0. The number of hydrogen-bond acceptors (Lipinski definition) is 0. The molecule has 6 rings (SSSR count). The Bertz CT molecular complexity index is 1080. The maximum atomic E-state index is 2.39. The molecular formula is C22H14. The molecule has 3 aromatic rings. The highest BCUT2D eigenvalue weighted by molar-refractivity contribution is 6.13. The van der Waals surface area contributed by atoms with Crippen LogP contribution >= 0.6 is 0 Å². The van der Waals surface area contributed by atoms with Crippen molar-refractivity contribution in [3.05, 3.63) is 82.3 Å². The average molecular weight is 278 g/mol. The first kappa shape index (κ1) is 11.0. The van der Waals surface area contributed by atoms with Crippen molar-refractivity contribution in [2.24, 2.45) is 0 Å². The molecular weight excluding hydrogens is 264 g/mol. The minimum atomic E-state index is 0.480. The third kappa shape index (κ3) is 1.13. The van der Waals surface area contributed by atoms with Gasteiger partial charge in [0.05, 0.1) is 0 Å². The van der Waals surface area contributed by atoms with Crippen LogP contribution in [0.1, 0.15) is 23.0 Å². The van der Waals surface area contributed by atoms with Crippen molar-refractivity contribution >= 4 is 33.7 Å². The van der Waals surface area contributed by atoms with Gasteiger partial charge in [-0.1, -0.05) is 72.9 Å². The summed E-state index contributed by atoms with van der Waals surface area (Å²) < 4.78 is 0. The molecule has 102 valence electrons. The highest BCUT2D eigenvalue weighted by atomic mass is 14.3. The number of allylic oxidation sites excluding steroid dienone is 4. The topological polar surface area (TPSA) is 0 Å². The highest BCUT2D eigenvalue weighted by Gasteiger charge is 2.32. The maximum Gasteiger partial charge on any atom is 0.0137 e. The summed E-state index contributed by atoms with van der Waals surface area (Å²) in [5, 5.41) is 8.51. The summed E-state index contributed by atoms with van der Waals surface area (Å²) in [7, 11) is 0. The van der Waals surface area contributed by atoms with E-state index in [1.54, 1.807) is 0 Å². The van der Waals surface area contributed by atoms with E-state index in [4.69, 9.17) is 0 Å². The first-order chi connectivity index (χ1) is 10.9. The van der Waals surface area contributed by atoms with Crippen molar-refractivity contribution in [3.63, 3.8) is 0 Å². The van der Waals surface area contributed by atoms with E-state index in [2.05, 4.69) is 72.9 Å². The van der Waals surface area contributed by atoms with Crippen molar-refractivity contribution in [2.75, 3.05) is 0 Å². The Balaban J connectivity index is 2.04. The van der Waals surface area contributed by atoms with Crippen LogP contribution in [0, 0.1) is 0 Å². The maximum absolute atomic E-state index is 2.39. The predicted octanol–water partition coefficient (Wildman–Crippen LogP) is 3.87. The van der Waals surface area contributed by atoms with Crippen LogP contribution in [0.3, 0.4) is 0 Å². The van der Waals surface area contributed by atoms with Crippen LogP contribution in [0.5, 0.6) is 0 Å². The lowest BCUT2D eigenvalue weighted by Gasteiger charge is -2.34. The van der Waals surface area contributed by atoms with Crippen molar-refractivity contribution in [1.29, 1.82) is 0 Å². The zero-order chi connectivity index (χ0) is 14.3. The van der Waals surface area contributed by atoms with Crippen LogP contribution in [0.4, 0.5) is 0 Å². The summed E-state index contributed by atoms with van der Waals surface area (Å²) in [6.07, 6.45) is 13.8. The minimum Gasteiger partial charge on any atom is -0.0760 e. The van der Waals surface area contributed by atoms with E-state index in [1.807, 2.05) is 0 Å². The molecule has 0 heterocycles. The van der Waals surface area contributed by atoms with Gasteiger partial charge in [0.2, 0.25) is 0 Å². The zero-order valence-corrected chi connectivity index (χ0v) is 12.1. The first-order valence-corrected chi connectivity index (χ1v) is 7.97. The van der Waals surface area contributed by atoms with Crippen molar-refractivity contribution in [2.45, 2.75) is 11.8 Å². The number of benzene rings is 3. The molecule has 0 nitrogen and oxygen atoms in total. The quantitative estimate of drug-likeness (QED) is 0.548. The molecule has 0 bridgehead atoms. The summed E-state index contributed by atoms with van der Waals surface area (Å²) in [4.78, 5) is 0. The van der Waals surface area contributed by atoms with Gasteiger partial charge >= 0.3 is 0 Å². The van der Waals surface area contributed by atoms with Crippen molar-refractivity contribution in [1.82, 2.24) is 0 Å². The van der Waals surface area contributed by atoms with Gasteiger partial charge in [0, 0.05) is 11.8 Å². The van der Waals surface area contributed by atoms with Crippen molar-refractivity contribution < 1.29 is 0 Å². The molecule has 22 heavy (non-hydrogen) atoms. The fourth-order valence-electron chi connectivity index (χ4n) is 4.68. The SMILES string of the molecule is C1=CC2c3c(ccc4ccc5ccc6c(c5c34)C2C=CC=6)=C1. The standard InChI is InChI=1S/C22H14/c1-3-13-7-9-15-11-12-16-10-8-14-4-2-6-18-17(5-1)19(13)21(15)22(16)20(14)18/h1-12,17-18H. The van der Waals surface area contributed by atoms with Gasteiger partial charge in [-0.15, -0.1) is 0 Å². The molecule has 0 fully saturated rings. The normalized spacial score (nSPS) is 22.9. The molecule has 3 aliphatic rings. The predicted molar refractivity (Wildman–Crippen MR) is 93.4 cm³/mol. The highest BCUT2D eigenvalue weighted by Crippen LogP contribution is 2.47. The Kier molecular flexibility index (Phi) is 1.80. The van der Waals surface area contributed by atoms with Crippen LogP contribution < -0.4 is 10.4 Å². The molecule has 3 aliphatic carbocycles. The van der Waals surface area contributed by atoms with Gasteiger partial charge in [0.15, 0.2) is 0 Å². The van der Waals surface area contributed by atoms with Crippen LogP contribution in [0.25, 0.3) is 33.7 Å². The molecule has 0 radical (unpaired) electrons. The Labute approximate surface area is 128 Å². The van der Waals surface area contributed by atoms with Gasteiger partial charge in [-0.2, -0.15) is 0 Å². The summed E-state index contributed by atoms with van der Waals surface area (Å²) in [5.41, 5.74) is 3.07. The second-order valence-corrected chi connectivity index (χ2v) is 6.55. The molecule has 0 saturated heterocycles. The number of fused-ring (bicyclic) bond motifs is 1. The van der Waals surface area contributed by atoms with E-state index in [-0.39, 0.29) is 0 Å². The van der Waals surface area contributed by atoms with Crippen LogP contribution in [-0.4, -0.2) is 0 Å². The van der Waals surface area contributed by atoms with E-state index < -0.39 is 0 Å². The second kappa shape index (κ2) is 3.59. The lowest BCUT2D eigenvalue weighted by molar-refractivity contribution is 0.729. The monoisotopic (exact) mass is 278 g/mol. The second-order valence-electron chi connectivity index (χ2n) is 6.55. The van der Waals surface area contributed by atoms with Crippen LogP contribution in [0.15, 0.2) is 60.7 Å². The molecule has 2 atom stereocenters. The third-order valence-electron chi connectivity index (χ3n) is 5.56. The first-order valence-electron chi connectivity index (χ1n) is 7.97. The molecule has 3 aromatic carbocycles. The smallest absolute Gasteiger partial charge is 0.0137 e. The molecule has 0 saturated carbocycles. The summed E-state index contributed by atoms with van der Waals surface area (Å²) in [6.45, 7) is 0. The van der Waals surface area contributed by atoms with E-state index in [9.17, 15) is 0 Å². The van der Waals surface area contributed by atoms with Gasteiger partial charge in [0.1, 0.15) is 0 Å². The largest absolute Gasteiger partial charge is 0.0760 e. The van der Waals surface area contributed by atoms with Crippen molar-refractivity contribution in [3.8, 4) is 0 Å². The summed E-state index contributed by atoms with van der Waals surface area (Å²) in [5.74, 6) is 0.959. The fourth-order valence-corrected chi connectivity index (χ4v) is 4.68. The average Bonchev–Trinajstić information content (AvgIpc) is 2.59. The van der Waals surface area contributed by atoms with Gasteiger partial charge < -0.3 is 0 Å². The molecule has 0 aromatic heterocycles. The lowest BCUT2D eigenvalue weighted by Crippen LogP contribution is -2.28. The number of rotatable bonds is 0. The van der Waals surface area contributed by atoms with Crippen LogP contribution in [-0.2, 0) is 0 Å². The molecule has 0 aliphatic heterocycles. The summed E-state index contributed by atoms with van der Waals surface area (Å²) in [6, 6.07) is 13.7. The Hall–Kier alpha value is -2.60. The van der Waals surface area contributed by atoms with E-state index in [1.165, 1.54) is 43.1 Å². The molecule has 2 unspecified atom stereocenters. The number of hydrogen-bond donors (Lipinski definition) is 0. The Morgan fingerprint density at radius 3 is 1.50 bits per heavy atom. The lowest BCUT2D eigenvalue weighted by atomic mass is 9.69. The van der Waals surface area contributed by atoms with Crippen LogP contribution in [0.2, 0.25) is 0 Å². The third-order valence-corrected chi connectivity index (χ3v) is 5.56. The molecule has 0 N–H and O–H groups in total. The van der Waals surface area contributed by atoms with E-state index in [0.29, 0.717) is 11.8 Å². The minimum absolute atomic E-state index is 0.480. The fraction of sp³-hybridized carbons (Fsp3) is 0.0909. The Morgan fingerprint density at radius 2 is 1.00 bits per heavy atom. The van der Waals surface area contributed by atoms with E-state index in [0.717, 1.165) is 0 Å². The Morgan fingerprint density at radius 1 is 0.545 bits per heavy atom. The van der Waals surface area contributed by atoms with Gasteiger partial charge in [0.25, 0.3) is 0 Å². The van der Waals surface area contributed by atoms with Gasteiger partial charge in [-0.05, 0) is 43.1 Å². The molecule has 0 amide bonds.